The fraction of sp³-hybridized carbons (Fsp3) is 1.00. The van der Waals surface area contributed by atoms with Crippen LogP contribution in [0.25, 0.3) is 0 Å². The predicted molar refractivity (Wildman–Crippen MR) is 48.4 cm³/mol. The first-order valence-electron chi connectivity index (χ1n) is 4.39. The van der Waals surface area contributed by atoms with Crippen LogP contribution in [0.4, 0.5) is 0 Å². The zero-order chi connectivity index (χ0) is 9.84. The summed E-state index contributed by atoms with van der Waals surface area (Å²) in [5, 5.41) is 0. The van der Waals surface area contributed by atoms with Crippen molar-refractivity contribution in [2.75, 3.05) is 27.3 Å². The monoisotopic (exact) mass is 190 g/mol. The lowest BCUT2D eigenvalue weighted by Crippen LogP contribution is -2.40. The molecule has 4 atom stereocenters. The molecule has 0 bridgehead atoms. The van der Waals surface area contributed by atoms with Gasteiger partial charge >= 0.3 is 0 Å². The second-order valence-corrected chi connectivity index (χ2v) is 3.09. The molecule has 1 heterocycles. The molecular formula is C8H18N2O3. The molecule has 0 amide bonds. The van der Waals surface area contributed by atoms with Gasteiger partial charge in [-0.2, -0.15) is 0 Å². The average Bonchev–Trinajstić information content (AvgIpc) is 2.54. The van der Waals surface area contributed by atoms with Gasteiger partial charge < -0.3 is 25.7 Å². The third kappa shape index (κ3) is 2.00. The summed E-state index contributed by atoms with van der Waals surface area (Å²) in [5.41, 5.74) is 11.1. The molecule has 0 aromatic rings. The van der Waals surface area contributed by atoms with Crippen LogP contribution in [0, 0.1) is 0 Å². The summed E-state index contributed by atoms with van der Waals surface area (Å²) < 4.78 is 16.1. The number of rotatable bonds is 4. The van der Waals surface area contributed by atoms with Gasteiger partial charge in [-0.25, -0.2) is 0 Å². The molecule has 0 aromatic carbocycles. The molecule has 4 unspecified atom stereocenters. The third-order valence-corrected chi connectivity index (χ3v) is 2.42. The highest BCUT2D eigenvalue weighted by molar-refractivity contribution is 4.93. The summed E-state index contributed by atoms with van der Waals surface area (Å²) in [6.45, 7) is 0.851. The summed E-state index contributed by atoms with van der Waals surface area (Å²) in [5.74, 6) is 0. The molecule has 1 rings (SSSR count). The summed E-state index contributed by atoms with van der Waals surface area (Å²) in [4.78, 5) is 0. The zero-order valence-electron chi connectivity index (χ0n) is 8.10. The lowest BCUT2D eigenvalue weighted by Gasteiger charge is -2.20. The maximum atomic E-state index is 5.57. The van der Waals surface area contributed by atoms with Crippen LogP contribution in [0.1, 0.15) is 0 Å². The Labute approximate surface area is 78.3 Å². The molecule has 5 heteroatoms. The normalized spacial score (nSPS) is 39.7. The minimum Gasteiger partial charge on any atom is -0.376 e. The van der Waals surface area contributed by atoms with Crippen molar-refractivity contribution in [2.45, 2.75) is 24.4 Å². The maximum absolute atomic E-state index is 5.57. The van der Waals surface area contributed by atoms with Crippen LogP contribution in [0.5, 0.6) is 0 Å². The molecule has 1 fully saturated rings. The smallest absolute Gasteiger partial charge is 0.113 e. The van der Waals surface area contributed by atoms with E-state index in [0.717, 1.165) is 0 Å². The van der Waals surface area contributed by atoms with E-state index in [0.29, 0.717) is 13.1 Å². The summed E-state index contributed by atoms with van der Waals surface area (Å²) in [6.07, 6.45) is -0.431. The SMILES string of the molecule is COC1C(CN)OC(CN)C1OC. The minimum absolute atomic E-state index is 0.108. The van der Waals surface area contributed by atoms with E-state index in [2.05, 4.69) is 0 Å². The number of methoxy groups -OCH3 is 2. The van der Waals surface area contributed by atoms with Crippen molar-refractivity contribution < 1.29 is 14.2 Å². The van der Waals surface area contributed by atoms with Crippen molar-refractivity contribution in [3.63, 3.8) is 0 Å². The van der Waals surface area contributed by atoms with Gasteiger partial charge in [0.25, 0.3) is 0 Å². The molecule has 0 aromatic heterocycles. The Morgan fingerprint density at radius 3 is 1.62 bits per heavy atom. The number of nitrogens with two attached hydrogens (primary N) is 2. The molecule has 0 saturated carbocycles. The van der Waals surface area contributed by atoms with Gasteiger partial charge in [0.1, 0.15) is 12.2 Å². The van der Waals surface area contributed by atoms with Crippen molar-refractivity contribution in [2.24, 2.45) is 11.5 Å². The predicted octanol–water partition coefficient (Wildman–Crippen LogP) is -1.30. The maximum Gasteiger partial charge on any atom is 0.113 e. The molecule has 78 valence electrons. The van der Waals surface area contributed by atoms with Gasteiger partial charge in [0.15, 0.2) is 0 Å². The molecule has 13 heavy (non-hydrogen) atoms. The van der Waals surface area contributed by atoms with Crippen LogP contribution in [-0.2, 0) is 14.2 Å². The Balaban J connectivity index is 2.65. The molecule has 0 aliphatic carbocycles. The Hall–Kier alpha value is -0.200. The summed E-state index contributed by atoms with van der Waals surface area (Å²) >= 11 is 0. The van der Waals surface area contributed by atoms with Gasteiger partial charge in [-0.1, -0.05) is 0 Å². The standard InChI is InChI=1S/C8H18N2O3/c1-11-7-5(3-9)13-6(4-10)8(7)12-2/h5-8H,3-4,9-10H2,1-2H3. The van der Waals surface area contributed by atoms with E-state index in [-0.39, 0.29) is 24.4 Å². The first-order valence-corrected chi connectivity index (χ1v) is 4.39. The average molecular weight is 190 g/mol. The number of hydrogen-bond acceptors (Lipinski definition) is 5. The molecule has 1 saturated heterocycles. The van der Waals surface area contributed by atoms with Crippen molar-refractivity contribution in [3.8, 4) is 0 Å². The molecule has 5 nitrogen and oxygen atoms in total. The zero-order valence-corrected chi connectivity index (χ0v) is 8.10. The Morgan fingerprint density at radius 2 is 1.38 bits per heavy atom. The largest absolute Gasteiger partial charge is 0.376 e. The van der Waals surface area contributed by atoms with E-state index in [1.54, 1.807) is 14.2 Å². The van der Waals surface area contributed by atoms with E-state index in [1.807, 2.05) is 0 Å². The lowest BCUT2D eigenvalue weighted by molar-refractivity contribution is -0.0262. The quantitative estimate of drug-likeness (QED) is 0.576. The number of ether oxygens (including phenoxy) is 3. The summed E-state index contributed by atoms with van der Waals surface area (Å²) in [7, 11) is 3.25. The van der Waals surface area contributed by atoms with Crippen molar-refractivity contribution >= 4 is 0 Å². The van der Waals surface area contributed by atoms with Crippen molar-refractivity contribution in [3.05, 3.63) is 0 Å². The first-order chi connectivity index (χ1) is 6.28. The molecule has 0 radical (unpaired) electrons. The van der Waals surface area contributed by atoms with Crippen LogP contribution in [-0.4, -0.2) is 51.7 Å². The third-order valence-electron chi connectivity index (χ3n) is 2.42. The van der Waals surface area contributed by atoms with Crippen LogP contribution in [0.2, 0.25) is 0 Å². The highest BCUT2D eigenvalue weighted by Crippen LogP contribution is 2.24. The van der Waals surface area contributed by atoms with Crippen LogP contribution < -0.4 is 11.5 Å². The van der Waals surface area contributed by atoms with Gasteiger partial charge in [-0.05, 0) is 0 Å². The highest BCUT2D eigenvalue weighted by Gasteiger charge is 2.43. The molecule has 1 aliphatic rings. The summed E-state index contributed by atoms with van der Waals surface area (Å²) in [6, 6.07) is 0. The van der Waals surface area contributed by atoms with Crippen LogP contribution >= 0.6 is 0 Å². The molecule has 1 aliphatic heterocycles. The second-order valence-electron chi connectivity index (χ2n) is 3.09. The van der Waals surface area contributed by atoms with Gasteiger partial charge in [-0.3, -0.25) is 0 Å². The van der Waals surface area contributed by atoms with Gasteiger partial charge in [0, 0.05) is 27.3 Å². The van der Waals surface area contributed by atoms with E-state index in [4.69, 9.17) is 25.7 Å². The lowest BCUT2D eigenvalue weighted by atomic mass is 10.1. The number of hydrogen-bond donors (Lipinski definition) is 2. The molecule has 0 spiro atoms. The topological polar surface area (TPSA) is 79.7 Å². The molecule has 4 N–H and O–H groups in total. The van der Waals surface area contributed by atoms with E-state index in [9.17, 15) is 0 Å². The Kier molecular flexibility index (Phi) is 4.08. The van der Waals surface area contributed by atoms with E-state index >= 15 is 0 Å². The molecular weight excluding hydrogens is 172 g/mol. The van der Waals surface area contributed by atoms with Gasteiger partial charge in [0.05, 0.1) is 12.2 Å². The first kappa shape index (κ1) is 10.9. The van der Waals surface area contributed by atoms with Crippen LogP contribution in [0.15, 0.2) is 0 Å². The van der Waals surface area contributed by atoms with E-state index < -0.39 is 0 Å². The fourth-order valence-corrected chi connectivity index (χ4v) is 1.75. The Bertz CT molecular complexity index is 140. The van der Waals surface area contributed by atoms with E-state index in [1.165, 1.54) is 0 Å². The fourth-order valence-electron chi connectivity index (χ4n) is 1.75. The van der Waals surface area contributed by atoms with Crippen molar-refractivity contribution in [1.29, 1.82) is 0 Å². The second kappa shape index (κ2) is 4.88. The van der Waals surface area contributed by atoms with Gasteiger partial charge in [0.2, 0.25) is 0 Å². The van der Waals surface area contributed by atoms with Crippen LogP contribution in [0.3, 0.4) is 0 Å². The minimum atomic E-state index is -0.108. The highest BCUT2D eigenvalue weighted by atomic mass is 16.6. The van der Waals surface area contributed by atoms with Crippen molar-refractivity contribution in [1.82, 2.24) is 0 Å². The Morgan fingerprint density at radius 1 is 1.00 bits per heavy atom. The van der Waals surface area contributed by atoms with Gasteiger partial charge in [-0.15, -0.1) is 0 Å².